The monoisotopic (exact) mass is 151 g/mol. The third-order valence-corrected chi connectivity index (χ3v) is 2.01. The van der Waals surface area contributed by atoms with Crippen molar-refractivity contribution in [3.05, 3.63) is 30.3 Å². The van der Waals surface area contributed by atoms with E-state index in [0.29, 0.717) is 0 Å². The average Bonchev–Trinajstić information content (AvgIpc) is 2.05. The fraction of sp³-hybridized carbons (Fsp3) is 0. The number of hydrogen-bond donors (Lipinski definition) is 0. The van der Waals surface area contributed by atoms with Crippen molar-refractivity contribution < 1.29 is 4.18 Å². The fourth-order valence-corrected chi connectivity index (χ4v) is 1.32. The topological polar surface area (TPSA) is 22.1 Å². The molecule has 1 aromatic rings. The van der Waals surface area contributed by atoms with Crippen LogP contribution in [0, 0.1) is 0 Å². The number of pyridine rings is 1. The van der Waals surface area contributed by atoms with E-state index in [1.807, 2.05) is 18.3 Å². The molecule has 0 amide bonds. The van der Waals surface area contributed by atoms with Crippen LogP contribution in [0.2, 0.25) is 0 Å². The summed E-state index contributed by atoms with van der Waals surface area (Å²) in [6.07, 6.45) is 7.14. The van der Waals surface area contributed by atoms with Crippen LogP contribution in [0.4, 0.5) is 0 Å². The van der Waals surface area contributed by atoms with Gasteiger partial charge in [0.2, 0.25) is 0 Å². The van der Waals surface area contributed by atoms with Crippen molar-refractivity contribution in [1.29, 1.82) is 0 Å². The van der Waals surface area contributed by atoms with E-state index >= 15 is 0 Å². The first-order valence-electron chi connectivity index (χ1n) is 2.91. The average molecular weight is 151 g/mol. The molecule has 1 aliphatic heterocycles. The highest BCUT2D eigenvalue weighted by Gasteiger charge is 2.03. The first-order chi connectivity index (χ1) is 4.97. The Morgan fingerprint density at radius 3 is 3.40 bits per heavy atom. The Morgan fingerprint density at radius 2 is 2.50 bits per heavy atom. The van der Waals surface area contributed by atoms with Crippen molar-refractivity contribution in [2.75, 3.05) is 0 Å². The number of fused-ring (bicyclic) bond motifs is 1. The number of nitrogens with zero attached hydrogens (tertiary/aromatic N) is 1. The summed E-state index contributed by atoms with van der Waals surface area (Å²) in [5, 5.41) is 0. The second-order valence-electron chi connectivity index (χ2n) is 1.90. The maximum atomic E-state index is 5.00. The van der Waals surface area contributed by atoms with E-state index in [0.717, 1.165) is 10.5 Å². The Balaban J connectivity index is 2.54. The normalized spacial score (nSPS) is 14.0. The third kappa shape index (κ3) is 0.885. The zero-order valence-electron chi connectivity index (χ0n) is 5.15. The Labute approximate surface area is 63.1 Å². The Morgan fingerprint density at radius 1 is 1.50 bits per heavy atom. The standard InChI is InChI=1S/C7H5NOS/c1-3-8-5-6-2-4-9-10-7(1)6/h1-5H. The molecular weight excluding hydrogens is 146 g/mol. The Kier molecular flexibility index (Phi) is 1.36. The van der Waals surface area contributed by atoms with Crippen LogP contribution in [-0.4, -0.2) is 4.98 Å². The van der Waals surface area contributed by atoms with Gasteiger partial charge in [-0.05, 0) is 12.1 Å². The van der Waals surface area contributed by atoms with Crippen LogP contribution >= 0.6 is 12.0 Å². The molecule has 0 bridgehead atoms. The zero-order chi connectivity index (χ0) is 6.81. The van der Waals surface area contributed by atoms with E-state index in [2.05, 4.69) is 4.98 Å². The van der Waals surface area contributed by atoms with E-state index in [-0.39, 0.29) is 0 Å². The lowest BCUT2D eigenvalue weighted by atomic mass is 10.3. The van der Waals surface area contributed by atoms with Gasteiger partial charge in [-0.3, -0.25) is 4.98 Å². The fourth-order valence-electron chi connectivity index (χ4n) is 0.776. The number of aromatic nitrogens is 1. The molecule has 2 heterocycles. The van der Waals surface area contributed by atoms with Crippen LogP contribution in [0.5, 0.6) is 0 Å². The molecule has 50 valence electrons. The molecule has 0 aliphatic carbocycles. The van der Waals surface area contributed by atoms with Gasteiger partial charge in [0.1, 0.15) is 6.26 Å². The lowest BCUT2D eigenvalue weighted by molar-refractivity contribution is 0.566. The molecule has 10 heavy (non-hydrogen) atoms. The largest absolute Gasteiger partial charge is 0.428 e. The molecule has 0 radical (unpaired) electrons. The molecule has 3 heteroatoms. The molecule has 2 nitrogen and oxygen atoms in total. The SMILES string of the molecule is C1=Cc2cnccc2SO1. The van der Waals surface area contributed by atoms with E-state index in [1.165, 1.54) is 12.0 Å². The molecule has 0 aromatic carbocycles. The van der Waals surface area contributed by atoms with Crippen LogP contribution in [0.3, 0.4) is 0 Å². The number of rotatable bonds is 0. The molecule has 0 N–H and O–H groups in total. The molecule has 0 saturated carbocycles. The van der Waals surface area contributed by atoms with E-state index < -0.39 is 0 Å². The highest BCUT2D eigenvalue weighted by molar-refractivity contribution is 7.94. The minimum atomic E-state index is 1.12. The van der Waals surface area contributed by atoms with Gasteiger partial charge in [0.05, 0.1) is 16.9 Å². The van der Waals surface area contributed by atoms with Gasteiger partial charge in [0.15, 0.2) is 0 Å². The van der Waals surface area contributed by atoms with Crippen molar-refractivity contribution in [1.82, 2.24) is 4.98 Å². The molecule has 2 rings (SSSR count). The summed E-state index contributed by atoms with van der Waals surface area (Å²) in [4.78, 5) is 5.10. The summed E-state index contributed by atoms with van der Waals surface area (Å²) in [7, 11) is 0. The van der Waals surface area contributed by atoms with Crippen LogP contribution < -0.4 is 0 Å². The van der Waals surface area contributed by atoms with Gasteiger partial charge in [-0.25, -0.2) is 0 Å². The van der Waals surface area contributed by atoms with Crippen molar-refractivity contribution in [2.45, 2.75) is 4.90 Å². The molecule has 0 unspecified atom stereocenters. The van der Waals surface area contributed by atoms with Crippen LogP contribution in [0.15, 0.2) is 29.6 Å². The van der Waals surface area contributed by atoms with Gasteiger partial charge < -0.3 is 4.18 Å². The van der Waals surface area contributed by atoms with Crippen molar-refractivity contribution in [3.8, 4) is 0 Å². The van der Waals surface area contributed by atoms with Gasteiger partial charge >= 0.3 is 0 Å². The number of hydrogen-bond acceptors (Lipinski definition) is 3. The molecule has 0 spiro atoms. The highest BCUT2D eigenvalue weighted by atomic mass is 32.2. The van der Waals surface area contributed by atoms with Gasteiger partial charge in [0.25, 0.3) is 0 Å². The molecule has 0 fully saturated rings. The van der Waals surface area contributed by atoms with Gasteiger partial charge in [-0.1, -0.05) is 0 Å². The van der Waals surface area contributed by atoms with E-state index in [1.54, 1.807) is 12.5 Å². The van der Waals surface area contributed by atoms with Gasteiger partial charge in [0, 0.05) is 18.0 Å². The summed E-state index contributed by atoms with van der Waals surface area (Å²) < 4.78 is 5.00. The third-order valence-electron chi connectivity index (χ3n) is 1.25. The summed E-state index contributed by atoms with van der Waals surface area (Å²) in [6, 6.07) is 1.93. The molecule has 0 saturated heterocycles. The molecular formula is C7H5NOS. The second-order valence-corrected chi connectivity index (χ2v) is 2.69. The van der Waals surface area contributed by atoms with Gasteiger partial charge in [-0.2, -0.15) is 0 Å². The molecule has 0 atom stereocenters. The maximum absolute atomic E-state index is 5.00. The first kappa shape index (κ1) is 5.80. The van der Waals surface area contributed by atoms with Crippen molar-refractivity contribution in [3.63, 3.8) is 0 Å². The summed E-state index contributed by atoms with van der Waals surface area (Å²) in [6.45, 7) is 0. The summed E-state index contributed by atoms with van der Waals surface area (Å²) in [5.41, 5.74) is 1.12. The van der Waals surface area contributed by atoms with Crippen LogP contribution in [0.25, 0.3) is 6.08 Å². The lowest BCUT2D eigenvalue weighted by Crippen LogP contribution is -1.85. The smallest absolute Gasteiger partial charge is 0.102 e. The predicted molar refractivity (Wildman–Crippen MR) is 40.2 cm³/mol. The minimum absolute atomic E-state index is 1.12. The Bertz CT molecular complexity index is 272. The van der Waals surface area contributed by atoms with E-state index in [4.69, 9.17) is 4.18 Å². The van der Waals surface area contributed by atoms with Gasteiger partial charge in [-0.15, -0.1) is 0 Å². The van der Waals surface area contributed by atoms with E-state index in [9.17, 15) is 0 Å². The van der Waals surface area contributed by atoms with Crippen molar-refractivity contribution in [2.24, 2.45) is 0 Å². The lowest BCUT2D eigenvalue weighted by Gasteiger charge is -2.06. The zero-order valence-corrected chi connectivity index (χ0v) is 5.97. The molecule has 1 aromatic heterocycles. The second kappa shape index (κ2) is 2.34. The van der Waals surface area contributed by atoms with Crippen LogP contribution in [0.1, 0.15) is 5.56 Å². The minimum Gasteiger partial charge on any atom is -0.428 e. The van der Waals surface area contributed by atoms with Crippen molar-refractivity contribution >= 4 is 18.1 Å². The Hall–Kier alpha value is -0.960. The highest BCUT2D eigenvalue weighted by Crippen LogP contribution is 2.27. The predicted octanol–water partition coefficient (Wildman–Crippen LogP) is 2.09. The van der Waals surface area contributed by atoms with Crippen LogP contribution in [-0.2, 0) is 4.18 Å². The maximum Gasteiger partial charge on any atom is 0.102 e. The quantitative estimate of drug-likeness (QED) is 0.530. The molecule has 1 aliphatic rings. The first-order valence-corrected chi connectivity index (χ1v) is 3.65. The summed E-state index contributed by atoms with van der Waals surface area (Å²) in [5.74, 6) is 0. The summed E-state index contributed by atoms with van der Waals surface area (Å²) >= 11 is 1.36.